The number of amides is 1. The van der Waals surface area contributed by atoms with Gasteiger partial charge in [0.25, 0.3) is 11.5 Å². The Bertz CT molecular complexity index is 1440. The molecule has 2 N–H and O–H groups in total. The van der Waals surface area contributed by atoms with Crippen LogP contribution >= 0.6 is 23.2 Å². The first kappa shape index (κ1) is 27.0. The van der Waals surface area contributed by atoms with Crippen LogP contribution in [0.3, 0.4) is 0 Å². The van der Waals surface area contributed by atoms with E-state index in [1.807, 2.05) is 0 Å². The summed E-state index contributed by atoms with van der Waals surface area (Å²) in [7, 11) is 1.97. The van der Waals surface area contributed by atoms with Crippen LogP contribution in [0.5, 0.6) is 0 Å². The first-order chi connectivity index (χ1) is 16.7. The van der Waals surface area contributed by atoms with Gasteiger partial charge in [0, 0.05) is 20.5 Å². The molecule has 36 heavy (non-hydrogen) atoms. The normalized spacial score (nSPS) is 12.3. The first-order valence-electron chi connectivity index (χ1n) is 10.2. The molecule has 2 aromatic carbocycles. The van der Waals surface area contributed by atoms with Gasteiger partial charge >= 0.3 is 17.8 Å². The second-order valence-electron chi connectivity index (χ2n) is 7.79. The summed E-state index contributed by atoms with van der Waals surface area (Å²) in [4.78, 5) is 48.9. The minimum absolute atomic E-state index is 0.0211. The number of aliphatic carboxylic acids is 1. The number of benzene rings is 2. The number of carboxylic acids is 1. The topological polar surface area (TPSA) is 110 Å². The van der Waals surface area contributed by atoms with Crippen molar-refractivity contribution in [1.29, 1.82) is 0 Å². The summed E-state index contributed by atoms with van der Waals surface area (Å²) < 4.78 is 42.0. The van der Waals surface area contributed by atoms with Crippen LogP contribution in [0.2, 0.25) is 10.0 Å². The van der Waals surface area contributed by atoms with Gasteiger partial charge in [-0.25, -0.2) is 9.59 Å². The fraction of sp³-hybridized carbons (Fsp3) is 0.217. The minimum atomic E-state index is -4.99. The number of hydrogen-bond donors (Lipinski definition) is 2. The van der Waals surface area contributed by atoms with Gasteiger partial charge in [-0.05, 0) is 23.3 Å². The standard InChI is InChI=1S/C23H18Cl2F3N3O5/c1-30-18(23(26,27)28)16(20(33)31(2)22(30)36)12-8-6-11(7-9-12)10-15(21(34)35)29-19(32)17-13(24)4-3-5-14(17)25/h3-9,15H,10H2,1-2H3,(H,29,32)(H,34,35). The maximum atomic E-state index is 13.7. The predicted octanol–water partition coefficient (Wildman–Crippen LogP) is 3.50. The molecule has 0 radical (unpaired) electrons. The molecule has 13 heteroatoms. The molecular weight excluding hydrogens is 526 g/mol. The maximum Gasteiger partial charge on any atom is 0.432 e. The molecule has 0 saturated carbocycles. The van der Waals surface area contributed by atoms with Crippen molar-refractivity contribution in [1.82, 2.24) is 14.5 Å². The number of halogens is 5. The molecule has 0 fully saturated rings. The van der Waals surface area contributed by atoms with E-state index in [0.717, 1.165) is 14.1 Å². The van der Waals surface area contributed by atoms with E-state index < -0.39 is 46.6 Å². The Morgan fingerprint density at radius 1 is 1.00 bits per heavy atom. The quantitative estimate of drug-likeness (QED) is 0.494. The van der Waals surface area contributed by atoms with Gasteiger partial charge in [-0.3, -0.25) is 18.7 Å². The van der Waals surface area contributed by atoms with Crippen molar-refractivity contribution < 1.29 is 27.9 Å². The second kappa shape index (κ2) is 10.2. The summed E-state index contributed by atoms with van der Waals surface area (Å²) >= 11 is 12.0. The number of carboxylic acid groups (broad SMARTS) is 1. The van der Waals surface area contributed by atoms with E-state index in [2.05, 4.69) is 5.32 Å². The van der Waals surface area contributed by atoms with Crippen molar-refractivity contribution in [2.75, 3.05) is 0 Å². The number of aromatic nitrogens is 2. The highest BCUT2D eigenvalue weighted by molar-refractivity contribution is 6.39. The fourth-order valence-corrected chi connectivity index (χ4v) is 4.19. The van der Waals surface area contributed by atoms with E-state index >= 15 is 0 Å². The lowest BCUT2D eigenvalue weighted by Crippen LogP contribution is -2.42. The molecule has 1 unspecified atom stereocenters. The third-order valence-corrected chi connectivity index (χ3v) is 6.04. The smallest absolute Gasteiger partial charge is 0.432 e. The van der Waals surface area contributed by atoms with E-state index in [0.29, 0.717) is 14.7 Å². The van der Waals surface area contributed by atoms with Crippen LogP contribution in [-0.4, -0.2) is 32.2 Å². The highest BCUT2D eigenvalue weighted by Gasteiger charge is 2.39. The number of nitrogens with zero attached hydrogens (tertiary/aromatic N) is 2. The van der Waals surface area contributed by atoms with E-state index in [1.54, 1.807) is 0 Å². The number of rotatable bonds is 6. The average Bonchev–Trinajstić information content (AvgIpc) is 2.79. The highest BCUT2D eigenvalue weighted by Crippen LogP contribution is 2.34. The molecule has 1 aromatic heterocycles. The third kappa shape index (κ3) is 5.31. The van der Waals surface area contributed by atoms with Crippen LogP contribution in [0.1, 0.15) is 21.6 Å². The number of hydrogen-bond acceptors (Lipinski definition) is 4. The Morgan fingerprint density at radius 2 is 1.56 bits per heavy atom. The number of carbonyl (C=O) groups excluding carboxylic acids is 1. The van der Waals surface area contributed by atoms with Crippen LogP contribution < -0.4 is 16.6 Å². The Hall–Kier alpha value is -3.57. The van der Waals surface area contributed by atoms with Crippen LogP contribution in [0, 0.1) is 0 Å². The summed E-state index contributed by atoms with van der Waals surface area (Å²) in [5.41, 5.74) is -4.29. The Morgan fingerprint density at radius 3 is 2.06 bits per heavy atom. The van der Waals surface area contributed by atoms with Gasteiger partial charge in [0.15, 0.2) is 0 Å². The molecule has 1 amide bonds. The first-order valence-corrected chi connectivity index (χ1v) is 10.9. The molecule has 0 aliphatic rings. The highest BCUT2D eigenvalue weighted by atomic mass is 35.5. The molecule has 3 rings (SSSR count). The van der Waals surface area contributed by atoms with Crippen LogP contribution in [0.15, 0.2) is 52.1 Å². The van der Waals surface area contributed by atoms with Gasteiger partial charge in [-0.2, -0.15) is 13.2 Å². The molecule has 0 bridgehead atoms. The summed E-state index contributed by atoms with van der Waals surface area (Å²) in [6, 6.07) is 7.97. The number of carbonyl (C=O) groups is 2. The summed E-state index contributed by atoms with van der Waals surface area (Å²) in [5, 5.41) is 11.9. The summed E-state index contributed by atoms with van der Waals surface area (Å²) in [6.45, 7) is 0. The van der Waals surface area contributed by atoms with Gasteiger partial charge in [0.05, 0.1) is 21.2 Å². The van der Waals surface area contributed by atoms with Crippen LogP contribution in [0.25, 0.3) is 11.1 Å². The van der Waals surface area contributed by atoms with Crippen molar-refractivity contribution in [3.8, 4) is 11.1 Å². The zero-order valence-electron chi connectivity index (χ0n) is 18.7. The SMILES string of the molecule is Cn1c(C(F)(F)F)c(-c2ccc(CC(NC(=O)c3c(Cl)cccc3Cl)C(=O)O)cc2)c(=O)n(C)c1=O. The van der Waals surface area contributed by atoms with Gasteiger partial charge in [-0.15, -0.1) is 0 Å². The van der Waals surface area contributed by atoms with Crippen molar-refractivity contribution >= 4 is 35.1 Å². The molecule has 1 atom stereocenters. The number of nitrogens with one attached hydrogen (secondary N) is 1. The average molecular weight is 544 g/mol. The van der Waals surface area contributed by atoms with Crippen molar-refractivity contribution in [3.05, 3.63) is 90.2 Å². The summed E-state index contributed by atoms with van der Waals surface area (Å²) in [6.07, 6.45) is -5.23. The lowest BCUT2D eigenvalue weighted by Gasteiger charge is -2.18. The largest absolute Gasteiger partial charge is 0.480 e. The molecule has 0 aliphatic heterocycles. The third-order valence-electron chi connectivity index (χ3n) is 5.41. The van der Waals surface area contributed by atoms with E-state index in [4.69, 9.17) is 23.2 Å². The molecule has 0 aliphatic carbocycles. The zero-order valence-corrected chi connectivity index (χ0v) is 20.2. The number of alkyl halides is 3. The fourth-order valence-electron chi connectivity index (χ4n) is 3.62. The molecule has 0 saturated heterocycles. The van der Waals surface area contributed by atoms with Crippen LogP contribution in [0.4, 0.5) is 13.2 Å². The van der Waals surface area contributed by atoms with Crippen molar-refractivity contribution in [2.45, 2.75) is 18.6 Å². The predicted molar refractivity (Wildman–Crippen MR) is 126 cm³/mol. The lowest BCUT2D eigenvalue weighted by molar-refractivity contribution is -0.143. The van der Waals surface area contributed by atoms with Gasteiger partial charge < -0.3 is 10.4 Å². The van der Waals surface area contributed by atoms with E-state index in [-0.39, 0.29) is 27.6 Å². The van der Waals surface area contributed by atoms with Gasteiger partial charge in [0.1, 0.15) is 11.7 Å². The van der Waals surface area contributed by atoms with E-state index in [9.17, 15) is 37.5 Å². The molecular formula is C23H18Cl2F3N3O5. The summed E-state index contributed by atoms with van der Waals surface area (Å²) in [5.74, 6) is -2.19. The zero-order chi connectivity index (χ0) is 26.9. The van der Waals surface area contributed by atoms with Gasteiger partial charge in [-0.1, -0.05) is 53.5 Å². The van der Waals surface area contributed by atoms with Crippen molar-refractivity contribution in [2.24, 2.45) is 14.1 Å². The molecule has 1 heterocycles. The Balaban J connectivity index is 1.95. The lowest BCUT2D eigenvalue weighted by atomic mass is 9.99. The monoisotopic (exact) mass is 543 g/mol. The van der Waals surface area contributed by atoms with Gasteiger partial charge in [0.2, 0.25) is 0 Å². The Labute approximate surface area is 211 Å². The molecule has 8 nitrogen and oxygen atoms in total. The van der Waals surface area contributed by atoms with E-state index in [1.165, 1.54) is 42.5 Å². The second-order valence-corrected chi connectivity index (χ2v) is 8.60. The molecule has 0 spiro atoms. The molecule has 3 aromatic rings. The minimum Gasteiger partial charge on any atom is -0.480 e. The maximum absolute atomic E-state index is 13.7. The Kier molecular flexibility index (Phi) is 7.65. The van der Waals surface area contributed by atoms with Crippen molar-refractivity contribution in [3.63, 3.8) is 0 Å². The van der Waals surface area contributed by atoms with Crippen LogP contribution in [-0.2, 0) is 31.5 Å². The molecule has 190 valence electrons.